The SMILES string of the molecule is Cc1ccc(S(=O)(=O)NCCC(=O)Nc2cccc(C(=O)N3CCCCC3)c2)c(C)c1. The van der Waals surface area contributed by atoms with Crippen LogP contribution < -0.4 is 10.0 Å². The van der Waals surface area contributed by atoms with E-state index in [4.69, 9.17) is 0 Å². The molecule has 2 amide bonds. The van der Waals surface area contributed by atoms with Gasteiger partial charge in [-0.3, -0.25) is 9.59 Å². The van der Waals surface area contributed by atoms with Crippen LogP contribution in [0.5, 0.6) is 0 Å². The Labute approximate surface area is 183 Å². The number of carbonyl (C=O) groups is 2. The maximum absolute atomic E-state index is 12.6. The molecule has 1 saturated heterocycles. The first-order valence-corrected chi connectivity index (χ1v) is 12.0. The minimum atomic E-state index is -3.69. The fourth-order valence-corrected chi connectivity index (χ4v) is 4.97. The largest absolute Gasteiger partial charge is 0.339 e. The van der Waals surface area contributed by atoms with Crippen molar-refractivity contribution in [1.82, 2.24) is 9.62 Å². The van der Waals surface area contributed by atoms with Gasteiger partial charge in [0, 0.05) is 37.3 Å². The summed E-state index contributed by atoms with van der Waals surface area (Å²) in [6.07, 6.45) is 3.15. The normalized spacial score (nSPS) is 14.3. The van der Waals surface area contributed by atoms with Crippen molar-refractivity contribution < 1.29 is 18.0 Å². The number of carbonyl (C=O) groups excluding carboxylic acids is 2. The summed E-state index contributed by atoms with van der Waals surface area (Å²) in [6, 6.07) is 12.0. The topological polar surface area (TPSA) is 95.6 Å². The Balaban J connectivity index is 1.54. The lowest BCUT2D eigenvalue weighted by molar-refractivity contribution is -0.116. The average molecular weight is 444 g/mol. The molecule has 1 aliphatic rings. The van der Waals surface area contributed by atoms with Crippen molar-refractivity contribution in [1.29, 1.82) is 0 Å². The molecule has 8 heteroatoms. The molecule has 2 aromatic carbocycles. The Morgan fingerprint density at radius 2 is 1.74 bits per heavy atom. The second kappa shape index (κ2) is 10.1. The standard InChI is InChI=1S/C23H29N3O4S/c1-17-9-10-21(18(2)15-17)31(29,30)24-12-11-22(27)25-20-8-6-7-19(16-20)23(28)26-13-4-3-5-14-26/h6-10,15-16,24H,3-5,11-14H2,1-2H3,(H,25,27). The van der Waals surface area contributed by atoms with Crippen LogP contribution >= 0.6 is 0 Å². The summed E-state index contributed by atoms with van der Waals surface area (Å²) in [5.74, 6) is -0.358. The molecule has 2 aromatic rings. The third-order valence-electron chi connectivity index (χ3n) is 5.30. The molecule has 31 heavy (non-hydrogen) atoms. The van der Waals surface area contributed by atoms with Gasteiger partial charge in [0.2, 0.25) is 15.9 Å². The van der Waals surface area contributed by atoms with E-state index in [2.05, 4.69) is 10.0 Å². The van der Waals surface area contributed by atoms with E-state index >= 15 is 0 Å². The van der Waals surface area contributed by atoms with E-state index in [1.165, 1.54) is 0 Å². The van der Waals surface area contributed by atoms with Crippen LogP contribution in [0.2, 0.25) is 0 Å². The molecule has 0 spiro atoms. The lowest BCUT2D eigenvalue weighted by atomic mass is 10.1. The van der Waals surface area contributed by atoms with Crippen molar-refractivity contribution in [3.63, 3.8) is 0 Å². The molecule has 1 aliphatic heterocycles. The Morgan fingerprint density at radius 1 is 1.00 bits per heavy atom. The Bertz CT molecular complexity index is 1060. The monoisotopic (exact) mass is 443 g/mol. The lowest BCUT2D eigenvalue weighted by Crippen LogP contribution is -2.35. The summed E-state index contributed by atoms with van der Waals surface area (Å²) in [5.41, 5.74) is 2.70. The van der Waals surface area contributed by atoms with E-state index < -0.39 is 10.0 Å². The van der Waals surface area contributed by atoms with Gasteiger partial charge in [0.25, 0.3) is 5.91 Å². The van der Waals surface area contributed by atoms with E-state index in [-0.39, 0.29) is 29.7 Å². The average Bonchev–Trinajstić information content (AvgIpc) is 2.73. The van der Waals surface area contributed by atoms with Gasteiger partial charge >= 0.3 is 0 Å². The summed E-state index contributed by atoms with van der Waals surface area (Å²) < 4.78 is 27.5. The van der Waals surface area contributed by atoms with Gasteiger partial charge in [0.05, 0.1) is 4.90 Å². The third-order valence-corrected chi connectivity index (χ3v) is 6.92. The van der Waals surface area contributed by atoms with Crippen LogP contribution in [0.25, 0.3) is 0 Å². The molecule has 3 rings (SSSR count). The Morgan fingerprint density at radius 3 is 2.45 bits per heavy atom. The van der Waals surface area contributed by atoms with Crippen molar-refractivity contribution in [2.24, 2.45) is 0 Å². The van der Waals surface area contributed by atoms with Gasteiger partial charge in [-0.05, 0) is 62.9 Å². The molecule has 0 bridgehead atoms. The first-order valence-electron chi connectivity index (χ1n) is 10.5. The lowest BCUT2D eigenvalue weighted by Gasteiger charge is -2.26. The second-order valence-corrected chi connectivity index (χ2v) is 9.63. The van der Waals surface area contributed by atoms with Crippen LogP contribution in [0.15, 0.2) is 47.4 Å². The summed E-state index contributed by atoms with van der Waals surface area (Å²) >= 11 is 0. The molecule has 1 heterocycles. The maximum Gasteiger partial charge on any atom is 0.253 e. The number of rotatable bonds is 7. The number of hydrogen-bond donors (Lipinski definition) is 2. The number of likely N-dealkylation sites (tertiary alicyclic amines) is 1. The molecule has 0 radical (unpaired) electrons. The zero-order valence-corrected chi connectivity index (χ0v) is 18.8. The zero-order chi connectivity index (χ0) is 22.4. The predicted octanol–water partition coefficient (Wildman–Crippen LogP) is 3.24. The highest BCUT2D eigenvalue weighted by atomic mass is 32.2. The zero-order valence-electron chi connectivity index (χ0n) is 18.0. The number of nitrogens with zero attached hydrogens (tertiary/aromatic N) is 1. The molecule has 0 aliphatic carbocycles. The number of piperidine rings is 1. The summed E-state index contributed by atoms with van der Waals surface area (Å²) in [7, 11) is -3.69. The van der Waals surface area contributed by atoms with Crippen LogP contribution in [0.1, 0.15) is 47.2 Å². The first kappa shape index (κ1) is 23.0. The van der Waals surface area contributed by atoms with Crippen LogP contribution in [0.3, 0.4) is 0 Å². The molecule has 7 nitrogen and oxygen atoms in total. The second-order valence-electron chi connectivity index (χ2n) is 7.90. The number of nitrogens with one attached hydrogen (secondary N) is 2. The number of aryl methyl sites for hydroxylation is 2. The van der Waals surface area contributed by atoms with Crippen molar-refractivity contribution in [3.05, 3.63) is 59.2 Å². The maximum atomic E-state index is 12.6. The van der Waals surface area contributed by atoms with Crippen molar-refractivity contribution in [2.75, 3.05) is 25.0 Å². The van der Waals surface area contributed by atoms with Gasteiger partial charge in [-0.15, -0.1) is 0 Å². The molecular weight excluding hydrogens is 414 g/mol. The minimum Gasteiger partial charge on any atom is -0.339 e. The van der Waals surface area contributed by atoms with Crippen LogP contribution in [-0.4, -0.2) is 44.8 Å². The van der Waals surface area contributed by atoms with E-state index in [0.717, 1.165) is 37.9 Å². The van der Waals surface area contributed by atoms with Gasteiger partial charge in [0.15, 0.2) is 0 Å². The number of amides is 2. The molecule has 2 N–H and O–H groups in total. The van der Waals surface area contributed by atoms with Crippen LogP contribution in [0.4, 0.5) is 5.69 Å². The summed E-state index contributed by atoms with van der Waals surface area (Å²) in [5, 5.41) is 2.74. The molecule has 0 saturated carbocycles. The van der Waals surface area contributed by atoms with Crippen molar-refractivity contribution in [3.8, 4) is 0 Å². The van der Waals surface area contributed by atoms with E-state index in [9.17, 15) is 18.0 Å². The molecule has 0 aromatic heterocycles. The summed E-state index contributed by atoms with van der Waals surface area (Å²) in [6.45, 7) is 5.14. The molecule has 0 unspecified atom stereocenters. The number of sulfonamides is 1. The number of hydrogen-bond acceptors (Lipinski definition) is 4. The summed E-state index contributed by atoms with van der Waals surface area (Å²) in [4.78, 5) is 27.0. The fourth-order valence-electron chi connectivity index (χ4n) is 3.71. The van der Waals surface area contributed by atoms with Gasteiger partial charge in [-0.1, -0.05) is 23.8 Å². The van der Waals surface area contributed by atoms with Crippen molar-refractivity contribution in [2.45, 2.75) is 44.4 Å². The van der Waals surface area contributed by atoms with E-state index in [0.29, 0.717) is 16.8 Å². The highest BCUT2D eigenvalue weighted by Gasteiger charge is 2.19. The Kier molecular flexibility index (Phi) is 7.46. The predicted molar refractivity (Wildman–Crippen MR) is 121 cm³/mol. The highest BCUT2D eigenvalue weighted by Crippen LogP contribution is 2.18. The third kappa shape index (κ3) is 6.15. The van der Waals surface area contributed by atoms with Gasteiger partial charge < -0.3 is 10.2 Å². The van der Waals surface area contributed by atoms with Gasteiger partial charge in [-0.25, -0.2) is 13.1 Å². The molecule has 0 atom stereocenters. The molecule has 166 valence electrons. The minimum absolute atomic E-state index is 0.0194. The van der Waals surface area contributed by atoms with Gasteiger partial charge in [-0.2, -0.15) is 0 Å². The van der Waals surface area contributed by atoms with Gasteiger partial charge in [0.1, 0.15) is 0 Å². The van der Waals surface area contributed by atoms with E-state index in [1.54, 1.807) is 49.4 Å². The number of anilines is 1. The van der Waals surface area contributed by atoms with Crippen LogP contribution in [0, 0.1) is 13.8 Å². The first-order chi connectivity index (χ1) is 14.8. The number of benzene rings is 2. The fraction of sp³-hybridized carbons (Fsp3) is 0.391. The van der Waals surface area contributed by atoms with Crippen molar-refractivity contribution >= 4 is 27.5 Å². The Hall–Kier alpha value is -2.71. The highest BCUT2D eigenvalue weighted by molar-refractivity contribution is 7.89. The quantitative estimate of drug-likeness (QED) is 0.687. The molecule has 1 fully saturated rings. The van der Waals surface area contributed by atoms with Crippen LogP contribution in [-0.2, 0) is 14.8 Å². The van der Waals surface area contributed by atoms with E-state index in [1.807, 2.05) is 11.8 Å². The smallest absolute Gasteiger partial charge is 0.253 e. The molecular formula is C23H29N3O4S.